The minimum atomic E-state index is -3.77. The van der Waals surface area contributed by atoms with Gasteiger partial charge in [0.15, 0.2) is 5.13 Å². The van der Waals surface area contributed by atoms with E-state index in [1.165, 1.54) is 41.2 Å². The Morgan fingerprint density at radius 3 is 2.56 bits per heavy atom. The number of carbonyl (C=O) groups is 1. The number of amides is 1. The molecule has 0 unspecified atom stereocenters. The zero-order chi connectivity index (χ0) is 19.3. The lowest BCUT2D eigenvalue weighted by atomic mass is 10.0. The van der Waals surface area contributed by atoms with Gasteiger partial charge in [-0.15, -0.1) is 11.3 Å². The van der Waals surface area contributed by atoms with Crippen LogP contribution in [0.2, 0.25) is 0 Å². The summed E-state index contributed by atoms with van der Waals surface area (Å²) < 4.78 is 39.5. The molecule has 1 aromatic heterocycles. The van der Waals surface area contributed by atoms with Crippen molar-refractivity contribution in [1.82, 2.24) is 9.71 Å². The second kappa shape index (κ2) is 8.90. The summed E-state index contributed by atoms with van der Waals surface area (Å²) in [5.41, 5.74) is 1.08. The average Bonchev–Trinajstić information content (AvgIpc) is 2.95. The molecule has 0 spiro atoms. The number of carbonyl (C=O) groups excluding carboxylic acids is 1. The predicted octanol–water partition coefficient (Wildman–Crippen LogP) is 3.25. The Morgan fingerprint density at radius 1 is 1.11 bits per heavy atom. The predicted molar refractivity (Wildman–Crippen MR) is 103 cm³/mol. The number of aryl methyl sites for hydroxylation is 2. The summed E-state index contributed by atoms with van der Waals surface area (Å²) in [5, 5.41) is 3.33. The van der Waals surface area contributed by atoms with E-state index in [2.05, 4.69) is 15.0 Å². The van der Waals surface area contributed by atoms with Crippen molar-refractivity contribution in [3.63, 3.8) is 0 Å². The molecule has 146 valence electrons. The fourth-order valence-electron chi connectivity index (χ4n) is 2.94. The number of nitrogens with one attached hydrogen (secondary N) is 2. The Hall–Kier alpha value is -1.84. The van der Waals surface area contributed by atoms with E-state index in [0.29, 0.717) is 5.13 Å². The van der Waals surface area contributed by atoms with Gasteiger partial charge >= 0.3 is 0 Å². The third-order valence-corrected chi connectivity index (χ3v) is 6.91. The first-order valence-electron chi connectivity index (χ1n) is 8.98. The molecule has 1 heterocycles. The molecule has 27 heavy (non-hydrogen) atoms. The SMILES string of the molecule is O=C(CCNS(=O)(=O)c1ccc(F)cc1)Nc1nc2c(s1)CCCCCC2. The maximum Gasteiger partial charge on any atom is 0.240 e. The number of sulfonamides is 1. The first-order chi connectivity index (χ1) is 12.9. The second-order valence-corrected chi connectivity index (χ2v) is 9.30. The molecule has 1 amide bonds. The quantitative estimate of drug-likeness (QED) is 0.764. The molecule has 9 heteroatoms. The molecule has 0 atom stereocenters. The van der Waals surface area contributed by atoms with Gasteiger partial charge in [-0.3, -0.25) is 4.79 Å². The van der Waals surface area contributed by atoms with Crippen LogP contribution >= 0.6 is 11.3 Å². The van der Waals surface area contributed by atoms with E-state index < -0.39 is 15.8 Å². The number of benzene rings is 1. The number of thiazole rings is 1. The van der Waals surface area contributed by atoms with Crippen LogP contribution in [-0.2, 0) is 27.7 Å². The Balaban J connectivity index is 1.51. The molecule has 2 aromatic rings. The summed E-state index contributed by atoms with van der Waals surface area (Å²) >= 11 is 1.51. The zero-order valence-electron chi connectivity index (χ0n) is 14.8. The van der Waals surface area contributed by atoms with Crippen molar-refractivity contribution in [2.45, 2.75) is 49.8 Å². The summed E-state index contributed by atoms with van der Waals surface area (Å²) in [7, 11) is -3.77. The van der Waals surface area contributed by atoms with E-state index in [-0.39, 0.29) is 23.8 Å². The molecule has 0 aliphatic heterocycles. The van der Waals surface area contributed by atoms with Crippen molar-refractivity contribution in [2.24, 2.45) is 0 Å². The first-order valence-corrected chi connectivity index (χ1v) is 11.3. The van der Waals surface area contributed by atoms with Crippen LogP contribution in [0.5, 0.6) is 0 Å². The average molecular weight is 412 g/mol. The van der Waals surface area contributed by atoms with Gasteiger partial charge in [-0.1, -0.05) is 12.8 Å². The van der Waals surface area contributed by atoms with Gasteiger partial charge in [0.05, 0.1) is 10.6 Å². The molecular weight excluding hydrogens is 389 g/mol. The number of hydrogen-bond donors (Lipinski definition) is 2. The van der Waals surface area contributed by atoms with Gasteiger partial charge in [0.25, 0.3) is 0 Å². The maximum absolute atomic E-state index is 12.9. The molecule has 0 radical (unpaired) electrons. The van der Waals surface area contributed by atoms with Crippen LogP contribution in [0.25, 0.3) is 0 Å². The molecule has 0 fully saturated rings. The standard InChI is InChI=1S/C18H22FN3O3S2/c19-13-7-9-14(10-8-13)27(24,25)20-12-11-17(23)22-18-21-15-5-3-1-2-4-6-16(15)26-18/h7-10,20H,1-6,11-12H2,(H,21,22,23). The molecule has 1 aliphatic carbocycles. The third kappa shape index (κ3) is 5.57. The topological polar surface area (TPSA) is 88.2 Å². The Labute approximate surface area is 162 Å². The fraction of sp³-hybridized carbons (Fsp3) is 0.444. The van der Waals surface area contributed by atoms with E-state index in [1.807, 2.05) is 0 Å². The fourth-order valence-corrected chi connectivity index (χ4v) is 5.03. The van der Waals surface area contributed by atoms with Gasteiger partial charge < -0.3 is 5.32 Å². The number of fused-ring (bicyclic) bond motifs is 1. The Kier molecular flexibility index (Phi) is 6.56. The summed E-state index contributed by atoms with van der Waals surface area (Å²) in [6, 6.07) is 4.53. The van der Waals surface area contributed by atoms with E-state index in [9.17, 15) is 17.6 Å². The van der Waals surface area contributed by atoms with Gasteiger partial charge in [0.2, 0.25) is 15.9 Å². The number of anilines is 1. The number of aromatic nitrogens is 1. The highest BCUT2D eigenvalue weighted by Crippen LogP contribution is 2.28. The van der Waals surface area contributed by atoms with Crippen molar-refractivity contribution in [3.8, 4) is 0 Å². The van der Waals surface area contributed by atoms with E-state index in [1.54, 1.807) is 0 Å². The van der Waals surface area contributed by atoms with Crippen molar-refractivity contribution in [3.05, 3.63) is 40.7 Å². The van der Waals surface area contributed by atoms with Crippen LogP contribution in [0.1, 0.15) is 42.7 Å². The second-order valence-electron chi connectivity index (χ2n) is 6.45. The monoisotopic (exact) mass is 411 g/mol. The Morgan fingerprint density at radius 2 is 1.81 bits per heavy atom. The van der Waals surface area contributed by atoms with Crippen LogP contribution in [0.3, 0.4) is 0 Å². The highest BCUT2D eigenvalue weighted by Gasteiger charge is 2.16. The molecule has 1 aromatic carbocycles. The Bertz CT molecular complexity index is 870. The number of hydrogen-bond acceptors (Lipinski definition) is 5. The van der Waals surface area contributed by atoms with Crippen molar-refractivity contribution < 1.29 is 17.6 Å². The van der Waals surface area contributed by atoms with E-state index in [4.69, 9.17) is 0 Å². The summed E-state index contributed by atoms with van der Waals surface area (Å²) in [6.45, 7) is -0.0450. The molecule has 0 saturated heterocycles. The van der Waals surface area contributed by atoms with Gasteiger partial charge in [-0.25, -0.2) is 22.5 Å². The lowest BCUT2D eigenvalue weighted by Gasteiger charge is -2.06. The highest BCUT2D eigenvalue weighted by atomic mass is 32.2. The third-order valence-electron chi connectivity index (χ3n) is 4.36. The number of halogens is 1. The van der Waals surface area contributed by atoms with Crippen LogP contribution in [-0.4, -0.2) is 25.9 Å². The van der Waals surface area contributed by atoms with Crippen molar-refractivity contribution in [1.29, 1.82) is 0 Å². The lowest BCUT2D eigenvalue weighted by Crippen LogP contribution is -2.27. The summed E-state index contributed by atoms with van der Waals surface area (Å²) in [4.78, 5) is 17.8. The maximum atomic E-state index is 12.9. The van der Waals surface area contributed by atoms with Gasteiger partial charge in [0.1, 0.15) is 5.82 Å². The molecule has 2 N–H and O–H groups in total. The molecule has 0 bridgehead atoms. The molecule has 3 rings (SSSR count). The van der Waals surface area contributed by atoms with Crippen LogP contribution in [0.4, 0.5) is 9.52 Å². The van der Waals surface area contributed by atoms with Crippen molar-refractivity contribution >= 4 is 32.4 Å². The molecular formula is C18H22FN3O3S2. The van der Waals surface area contributed by atoms with Crippen LogP contribution < -0.4 is 10.0 Å². The summed E-state index contributed by atoms with van der Waals surface area (Å²) in [5.74, 6) is -0.801. The number of rotatable bonds is 6. The van der Waals surface area contributed by atoms with Gasteiger partial charge in [0, 0.05) is 17.8 Å². The summed E-state index contributed by atoms with van der Waals surface area (Å²) in [6.07, 6.45) is 6.65. The lowest BCUT2D eigenvalue weighted by molar-refractivity contribution is -0.116. The van der Waals surface area contributed by atoms with E-state index >= 15 is 0 Å². The largest absolute Gasteiger partial charge is 0.302 e. The highest BCUT2D eigenvalue weighted by molar-refractivity contribution is 7.89. The van der Waals surface area contributed by atoms with Gasteiger partial charge in [-0.05, 0) is 49.9 Å². The molecule has 1 aliphatic rings. The molecule has 0 saturated carbocycles. The number of nitrogens with zero attached hydrogens (tertiary/aromatic N) is 1. The zero-order valence-corrected chi connectivity index (χ0v) is 16.5. The normalized spacial score (nSPS) is 14.9. The minimum absolute atomic E-state index is 0.00925. The van der Waals surface area contributed by atoms with Gasteiger partial charge in [-0.2, -0.15) is 0 Å². The van der Waals surface area contributed by atoms with Crippen LogP contribution in [0, 0.1) is 5.82 Å². The molecule has 6 nitrogen and oxygen atoms in total. The smallest absolute Gasteiger partial charge is 0.240 e. The van der Waals surface area contributed by atoms with E-state index in [0.717, 1.165) is 43.5 Å². The first kappa shape index (κ1) is 19.9. The van der Waals surface area contributed by atoms with Crippen LogP contribution in [0.15, 0.2) is 29.2 Å². The minimum Gasteiger partial charge on any atom is -0.302 e. The van der Waals surface area contributed by atoms with Crippen molar-refractivity contribution in [2.75, 3.05) is 11.9 Å².